The molecule has 13 heteroatoms. The Labute approximate surface area is 229 Å². The maximum atomic E-state index is 13.4. The molecule has 1 aromatic carbocycles. The van der Waals surface area contributed by atoms with Gasteiger partial charge in [0.2, 0.25) is 5.91 Å². The van der Waals surface area contributed by atoms with Gasteiger partial charge < -0.3 is 30.6 Å². The van der Waals surface area contributed by atoms with E-state index in [9.17, 15) is 23.6 Å². The number of piperidine rings is 1. The number of benzene rings is 1. The molecular formula is C26H34FN3O8S. The third kappa shape index (κ3) is 11.1. The Bertz CT molecular complexity index is 1120. The SMILES string of the molecule is CCC(CN1CCCCC1)NC(=O)Cc1csc(-c2cccc(F)c2)n1.O=C(O)CC(O)(CC(=O)O)C(=O)O. The molecule has 1 atom stereocenters. The molecule has 39 heavy (non-hydrogen) atoms. The molecule has 3 rings (SSSR count). The molecule has 0 saturated carbocycles. The zero-order valence-corrected chi connectivity index (χ0v) is 22.5. The monoisotopic (exact) mass is 567 g/mol. The van der Waals surface area contributed by atoms with E-state index in [0.717, 1.165) is 42.3 Å². The van der Waals surface area contributed by atoms with Crippen molar-refractivity contribution < 1.29 is 44.0 Å². The first-order valence-electron chi connectivity index (χ1n) is 12.5. The van der Waals surface area contributed by atoms with E-state index in [-0.39, 0.29) is 24.2 Å². The lowest BCUT2D eigenvalue weighted by Crippen LogP contribution is -2.45. The van der Waals surface area contributed by atoms with E-state index >= 15 is 0 Å². The number of nitrogens with zero attached hydrogens (tertiary/aromatic N) is 2. The molecule has 214 valence electrons. The van der Waals surface area contributed by atoms with Crippen LogP contribution in [-0.2, 0) is 25.6 Å². The second-order valence-corrected chi connectivity index (χ2v) is 10.2. The van der Waals surface area contributed by atoms with Gasteiger partial charge in [-0.2, -0.15) is 0 Å². The number of carbonyl (C=O) groups is 4. The Morgan fingerprint density at radius 3 is 2.28 bits per heavy atom. The summed E-state index contributed by atoms with van der Waals surface area (Å²) >= 11 is 1.44. The molecule has 1 fully saturated rings. The third-order valence-electron chi connectivity index (χ3n) is 6.04. The maximum Gasteiger partial charge on any atom is 0.336 e. The van der Waals surface area contributed by atoms with Gasteiger partial charge in [-0.05, 0) is 44.5 Å². The van der Waals surface area contributed by atoms with Gasteiger partial charge in [-0.3, -0.25) is 14.4 Å². The summed E-state index contributed by atoms with van der Waals surface area (Å²) in [6.07, 6.45) is 2.73. The van der Waals surface area contributed by atoms with Crippen LogP contribution < -0.4 is 5.32 Å². The van der Waals surface area contributed by atoms with Crippen LogP contribution in [0.4, 0.5) is 4.39 Å². The summed E-state index contributed by atoms with van der Waals surface area (Å²) in [4.78, 5) is 49.8. The highest BCUT2D eigenvalue weighted by molar-refractivity contribution is 7.13. The minimum absolute atomic E-state index is 0.00458. The van der Waals surface area contributed by atoms with Gasteiger partial charge in [0.1, 0.15) is 10.8 Å². The summed E-state index contributed by atoms with van der Waals surface area (Å²) in [5.41, 5.74) is -1.25. The van der Waals surface area contributed by atoms with Crippen molar-refractivity contribution in [1.29, 1.82) is 0 Å². The number of likely N-dealkylation sites (tertiary alicyclic amines) is 1. The van der Waals surface area contributed by atoms with Crippen LogP contribution in [0.5, 0.6) is 0 Å². The van der Waals surface area contributed by atoms with Crippen molar-refractivity contribution in [3.8, 4) is 10.6 Å². The number of rotatable bonds is 12. The van der Waals surface area contributed by atoms with Crippen LogP contribution in [0.3, 0.4) is 0 Å². The van der Waals surface area contributed by atoms with Gasteiger partial charge in [-0.15, -0.1) is 11.3 Å². The number of hydrogen-bond acceptors (Lipinski definition) is 8. The number of halogens is 1. The number of nitrogens with one attached hydrogen (secondary N) is 1. The summed E-state index contributed by atoms with van der Waals surface area (Å²) in [5, 5.41) is 39.6. The Morgan fingerprint density at radius 1 is 1.10 bits per heavy atom. The largest absolute Gasteiger partial charge is 0.481 e. The average Bonchev–Trinajstić information content (AvgIpc) is 3.32. The van der Waals surface area contributed by atoms with E-state index in [4.69, 9.17) is 20.4 Å². The first kappa shape index (κ1) is 31.8. The lowest BCUT2D eigenvalue weighted by molar-refractivity contribution is -0.170. The molecular weight excluding hydrogens is 533 g/mol. The van der Waals surface area contributed by atoms with Crippen molar-refractivity contribution in [3.05, 3.63) is 41.2 Å². The first-order valence-corrected chi connectivity index (χ1v) is 13.4. The molecule has 2 heterocycles. The summed E-state index contributed by atoms with van der Waals surface area (Å²) in [5.74, 6) is -5.29. The number of aliphatic hydroxyl groups is 1. The first-order chi connectivity index (χ1) is 18.4. The molecule has 1 saturated heterocycles. The molecule has 1 aromatic heterocycles. The topological polar surface area (TPSA) is 177 Å². The minimum atomic E-state index is -2.74. The number of carbonyl (C=O) groups excluding carboxylic acids is 1. The fraction of sp³-hybridized carbons (Fsp3) is 0.500. The fourth-order valence-electron chi connectivity index (χ4n) is 4.03. The molecule has 2 aromatic rings. The third-order valence-corrected chi connectivity index (χ3v) is 6.98. The smallest absolute Gasteiger partial charge is 0.336 e. The zero-order valence-electron chi connectivity index (χ0n) is 21.6. The Balaban J connectivity index is 0.000000349. The van der Waals surface area contributed by atoms with Crippen LogP contribution in [0.1, 0.15) is 51.1 Å². The number of aliphatic carboxylic acids is 3. The fourth-order valence-corrected chi connectivity index (χ4v) is 4.85. The summed E-state index contributed by atoms with van der Waals surface area (Å²) in [6, 6.07) is 6.57. The van der Waals surface area contributed by atoms with Crippen LogP contribution in [0.2, 0.25) is 0 Å². The van der Waals surface area contributed by atoms with Gasteiger partial charge in [-0.1, -0.05) is 25.5 Å². The quantitative estimate of drug-likeness (QED) is 0.256. The van der Waals surface area contributed by atoms with E-state index in [0.29, 0.717) is 0 Å². The van der Waals surface area contributed by atoms with Crippen molar-refractivity contribution in [2.75, 3.05) is 19.6 Å². The second-order valence-electron chi connectivity index (χ2n) is 9.34. The molecule has 11 nitrogen and oxygen atoms in total. The van der Waals surface area contributed by atoms with E-state index in [2.05, 4.69) is 22.1 Å². The van der Waals surface area contributed by atoms with E-state index in [1.807, 2.05) is 11.4 Å². The summed E-state index contributed by atoms with van der Waals surface area (Å²) < 4.78 is 13.4. The molecule has 1 unspecified atom stereocenters. The van der Waals surface area contributed by atoms with Gasteiger partial charge in [0.05, 0.1) is 25.0 Å². The van der Waals surface area contributed by atoms with Crippen molar-refractivity contribution in [1.82, 2.24) is 15.2 Å². The number of carboxylic acids is 3. The highest BCUT2D eigenvalue weighted by Gasteiger charge is 2.40. The molecule has 5 N–H and O–H groups in total. The molecule has 1 amide bonds. The van der Waals surface area contributed by atoms with Crippen LogP contribution >= 0.6 is 11.3 Å². The zero-order chi connectivity index (χ0) is 29.0. The highest BCUT2D eigenvalue weighted by atomic mass is 32.1. The Morgan fingerprint density at radius 2 is 1.74 bits per heavy atom. The normalized spacial score (nSPS) is 14.5. The Hall–Kier alpha value is -3.42. The summed E-state index contributed by atoms with van der Waals surface area (Å²) in [6.45, 7) is 5.30. The van der Waals surface area contributed by atoms with Crippen molar-refractivity contribution in [2.24, 2.45) is 0 Å². The molecule has 0 aliphatic carbocycles. The molecule has 0 spiro atoms. The standard InChI is InChI=1S/C20H26FN3OS.C6H8O7/c1-2-17(13-24-9-4-3-5-10-24)22-19(25)12-18-14-26-20(23-18)15-7-6-8-16(21)11-15;7-3(8)1-6(13,5(11)12)2-4(9)10/h6-8,11,14,17H,2-5,9-10,12-13H2,1H3,(H,22,25);13H,1-2H2,(H,7,8)(H,9,10)(H,11,12). The Kier molecular flexibility index (Phi) is 12.4. The maximum absolute atomic E-state index is 13.4. The average molecular weight is 568 g/mol. The molecule has 0 radical (unpaired) electrons. The van der Waals surface area contributed by atoms with Crippen molar-refractivity contribution in [3.63, 3.8) is 0 Å². The number of aromatic nitrogens is 1. The predicted molar refractivity (Wildman–Crippen MR) is 141 cm³/mol. The van der Waals surface area contributed by atoms with Gasteiger partial charge in [0.15, 0.2) is 5.60 Å². The summed E-state index contributed by atoms with van der Waals surface area (Å²) in [7, 11) is 0. The van der Waals surface area contributed by atoms with Crippen LogP contribution in [0.15, 0.2) is 29.6 Å². The van der Waals surface area contributed by atoms with Gasteiger partial charge in [0.25, 0.3) is 0 Å². The van der Waals surface area contributed by atoms with E-state index in [1.165, 1.54) is 42.7 Å². The van der Waals surface area contributed by atoms with E-state index < -0.39 is 36.4 Å². The molecule has 0 bridgehead atoms. The van der Waals surface area contributed by atoms with Gasteiger partial charge in [-0.25, -0.2) is 14.2 Å². The highest BCUT2D eigenvalue weighted by Crippen LogP contribution is 2.24. The molecule has 1 aliphatic heterocycles. The van der Waals surface area contributed by atoms with Crippen LogP contribution in [0.25, 0.3) is 10.6 Å². The second kappa shape index (κ2) is 15.2. The number of amides is 1. The number of carboxylic acid groups (broad SMARTS) is 3. The molecule has 1 aliphatic rings. The van der Waals surface area contributed by atoms with Crippen molar-refractivity contribution >= 4 is 35.2 Å². The predicted octanol–water partition coefficient (Wildman–Crippen LogP) is 2.62. The number of thiazole rings is 1. The lowest BCUT2D eigenvalue weighted by atomic mass is 9.96. The van der Waals surface area contributed by atoms with Crippen LogP contribution in [0, 0.1) is 5.82 Å². The van der Waals surface area contributed by atoms with Crippen molar-refractivity contribution in [2.45, 2.75) is 63.5 Å². The lowest BCUT2D eigenvalue weighted by Gasteiger charge is -2.30. The van der Waals surface area contributed by atoms with E-state index in [1.54, 1.807) is 6.07 Å². The minimum Gasteiger partial charge on any atom is -0.481 e. The van der Waals surface area contributed by atoms with Gasteiger partial charge in [0, 0.05) is 23.5 Å². The van der Waals surface area contributed by atoms with Gasteiger partial charge >= 0.3 is 17.9 Å². The number of hydrogen-bond donors (Lipinski definition) is 5. The van der Waals surface area contributed by atoms with Crippen LogP contribution in [-0.4, -0.2) is 85.4 Å².